The van der Waals surface area contributed by atoms with E-state index in [4.69, 9.17) is 4.74 Å². The highest BCUT2D eigenvalue weighted by Crippen LogP contribution is 2.18. The molecule has 0 aromatic heterocycles. The number of aliphatic hydroxyl groups excluding tert-OH is 2. The van der Waals surface area contributed by atoms with Crippen LogP contribution in [-0.2, 0) is 14.3 Å². The van der Waals surface area contributed by atoms with Crippen molar-refractivity contribution in [3.8, 4) is 0 Å². The lowest BCUT2D eigenvalue weighted by Crippen LogP contribution is -2.46. The zero-order valence-corrected chi connectivity index (χ0v) is 43.3. The summed E-state index contributed by atoms with van der Waals surface area (Å²) in [4.78, 5) is 26.2. The van der Waals surface area contributed by atoms with Gasteiger partial charge in [-0.25, -0.2) is 0 Å². The Labute approximate surface area is 408 Å². The number of nitrogens with one attached hydrogen (secondary N) is 1. The minimum atomic E-state index is -0.803. The molecule has 0 fully saturated rings. The second kappa shape index (κ2) is 53.0. The Morgan fingerprint density at radius 2 is 0.803 bits per heavy atom. The molecular formula is C60H105NO5. The van der Waals surface area contributed by atoms with Crippen molar-refractivity contribution in [3.63, 3.8) is 0 Å². The predicted molar refractivity (Wildman–Crippen MR) is 287 cm³/mol. The standard InChI is InChI=1S/C60H105NO5/c1-4-7-10-13-16-19-22-25-27-29-30-32-35-38-41-44-47-50-53-60(65)66-56(51-48-45-42-39-36-33-24-21-18-15-12-9-6-3)54-59(64)61-57(55-62)58(63)52-49-46-43-40-37-34-31-28-26-23-20-17-14-11-8-5-2/h10,13,16,18-19,21-22,24-25,27,29-30,32-33,56-58,62-63H,4-9,11-12,14-15,17,20,23,26,28,31,34-55H2,1-3H3,(H,61,64)/b13-10+,19-16+,21-18+,25-22+,29-27+,32-30+,33-24+. The van der Waals surface area contributed by atoms with Crippen LogP contribution in [0.15, 0.2) is 85.1 Å². The average molecular weight is 921 g/mol. The lowest BCUT2D eigenvalue weighted by molar-refractivity contribution is -0.151. The van der Waals surface area contributed by atoms with Gasteiger partial charge in [0.15, 0.2) is 0 Å². The topological polar surface area (TPSA) is 95.9 Å². The summed E-state index contributed by atoms with van der Waals surface area (Å²) >= 11 is 0. The minimum absolute atomic E-state index is 0.0497. The highest BCUT2D eigenvalue weighted by atomic mass is 16.5. The molecular weight excluding hydrogens is 815 g/mol. The molecule has 3 unspecified atom stereocenters. The number of rotatable bonds is 49. The van der Waals surface area contributed by atoms with Gasteiger partial charge in [0.2, 0.25) is 5.91 Å². The Kier molecular flexibility index (Phi) is 50.6. The van der Waals surface area contributed by atoms with Crippen molar-refractivity contribution in [2.45, 2.75) is 277 Å². The molecule has 0 aliphatic rings. The van der Waals surface area contributed by atoms with E-state index in [1.54, 1.807) is 0 Å². The predicted octanol–water partition coefficient (Wildman–Crippen LogP) is 17.1. The van der Waals surface area contributed by atoms with Crippen molar-refractivity contribution < 1.29 is 24.5 Å². The number of carbonyl (C=O) groups excluding carboxylic acids is 2. The van der Waals surface area contributed by atoms with Crippen LogP contribution in [0.25, 0.3) is 0 Å². The maximum atomic E-state index is 13.2. The number of allylic oxidation sites excluding steroid dienone is 14. The highest BCUT2D eigenvalue weighted by molar-refractivity contribution is 5.77. The Balaban J connectivity index is 4.62. The van der Waals surface area contributed by atoms with Crippen LogP contribution >= 0.6 is 0 Å². The Hall–Kier alpha value is -2.96. The molecule has 380 valence electrons. The SMILES string of the molecule is CCC/C=C/C=C/C=C/C=C/C=C/CCCCCCCC(=O)OC(CCCCCC/C=C/C=C/CCCCC)CC(=O)NC(CO)C(O)CCCCCCCCCCCCCCCCCC. The molecule has 0 aliphatic carbocycles. The summed E-state index contributed by atoms with van der Waals surface area (Å²) in [6, 6.07) is -0.719. The number of esters is 1. The van der Waals surface area contributed by atoms with Gasteiger partial charge in [-0.05, 0) is 70.6 Å². The zero-order valence-electron chi connectivity index (χ0n) is 43.3. The van der Waals surface area contributed by atoms with Crippen molar-refractivity contribution in [3.05, 3.63) is 85.1 Å². The fourth-order valence-corrected chi connectivity index (χ4v) is 8.10. The first-order chi connectivity index (χ1) is 32.5. The largest absolute Gasteiger partial charge is 0.462 e. The van der Waals surface area contributed by atoms with E-state index in [9.17, 15) is 19.8 Å². The van der Waals surface area contributed by atoms with Crippen LogP contribution in [0.3, 0.4) is 0 Å². The van der Waals surface area contributed by atoms with Gasteiger partial charge >= 0.3 is 5.97 Å². The zero-order chi connectivity index (χ0) is 48.1. The molecule has 0 saturated carbocycles. The monoisotopic (exact) mass is 920 g/mol. The van der Waals surface area contributed by atoms with Crippen molar-refractivity contribution in [2.75, 3.05) is 6.61 Å². The number of unbranched alkanes of at least 4 members (excludes halogenated alkanes) is 28. The molecule has 0 aliphatic heterocycles. The Morgan fingerprint density at radius 3 is 1.27 bits per heavy atom. The van der Waals surface area contributed by atoms with Gasteiger partial charge in [-0.2, -0.15) is 0 Å². The molecule has 3 N–H and O–H groups in total. The number of carbonyl (C=O) groups is 2. The fraction of sp³-hybridized carbons (Fsp3) is 0.733. The molecule has 0 spiro atoms. The maximum Gasteiger partial charge on any atom is 0.306 e. The van der Waals surface area contributed by atoms with Crippen molar-refractivity contribution >= 4 is 11.9 Å². The van der Waals surface area contributed by atoms with E-state index in [2.05, 4.69) is 86.8 Å². The number of amides is 1. The maximum absolute atomic E-state index is 13.2. The fourth-order valence-electron chi connectivity index (χ4n) is 8.10. The summed E-state index contributed by atoms with van der Waals surface area (Å²) in [5.74, 6) is -0.523. The van der Waals surface area contributed by atoms with Crippen LogP contribution < -0.4 is 5.32 Å². The van der Waals surface area contributed by atoms with Gasteiger partial charge in [0, 0.05) is 6.42 Å². The second-order valence-corrected chi connectivity index (χ2v) is 18.8. The van der Waals surface area contributed by atoms with Gasteiger partial charge in [0.25, 0.3) is 0 Å². The molecule has 0 bridgehead atoms. The van der Waals surface area contributed by atoms with Crippen LogP contribution in [-0.4, -0.2) is 46.9 Å². The summed E-state index contributed by atoms with van der Waals surface area (Å²) in [5.41, 5.74) is 0. The molecule has 0 aromatic carbocycles. The van der Waals surface area contributed by atoms with Crippen molar-refractivity contribution in [2.24, 2.45) is 0 Å². The first-order valence-electron chi connectivity index (χ1n) is 27.9. The van der Waals surface area contributed by atoms with E-state index in [1.807, 2.05) is 24.3 Å². The summed E-state index contributed by atoms with van der Waals surface area (Å²) in [6.07, 6.45) is 69.2. The van der Waals surface area contributed by atoms with Gasteiger partial charge in [0.05, 0.1) is 25.2 Å². The molecule has 1 amide bonds. The van der Waals surface area contributed by atoms with Gasteiger partial charge in [-0.1, -0.05) is 260 Å². The third kappa shape index (κ3) is 47.5. The molecule has 6 nitrogen and oxygen atoms in total. The van der Waals surface area contributed by atoms with E-state index in [1.165, 1.54) is 109 Å². The van der Waals surface area contributed by atoms with Crippen LogP contribution in [0, 0.1) is 0 Å². The molecule has 3 atom stereocenters. The molecule has 0 radical (unpaired) electrons. The van der Waals surface area contributed by atoms with Crippen LogP contribution in [0.2, 0.25) is 0 Å². The number of ether oxygens (including phenoxy) is 1. The third-order valence-electron chi connectivity index (χ3n) is 12.3. The average Bonchev–Trinajstić information content (AvgIpc) is 3.31. The first kappa shape index (κ1) is 63.0. The van der Waals surface area contributed by atoms with Crippen LogP contribution in [0.5, 0.6) is 0 Å². The van der Waals surface area contributed by atoms with Crippen molar-refractivity contribution in [1.82, 2.24) is 5.32 Å². The minimum Gasteiger partial charge on any atom is -0.462 e. The van der Waals surface area contributed by atoms with E-state index >= 15 is 0 Å². The van der Waals surface area contributed by atoms with E-state index in [0.717, 1.165) is 103 Å². The van der Waals surface area contributed by atoms with Gasteiger partial charge in [0.1, 0.15) is 6.10 Å². The molecule has 0 saturated heterocycles. The molecule has 0 rings (SSSR count). The van der Waals surface area contributed by atoms with E-state index < -0.39 is 18.2 Å². The molecule has 0 heterocycles. The quantitative estimate of drug-likeness (QED) is 0.0321. The molecule has 0 aromatic rings. The smallest absolute Gasteiger partial charge is 0.306 e. The first-order valence-corrected chi connectivity index (χ1v) is 27.9. The van der Waals surface area contributed by atoms with Gasteiger partial charge < -0.3 is 20.3 Å². The van der Waals surface area contributed by atoms with Gasteiger partial charge in [-0.3, -0.25) is 9.59 Å². The Bertz CT molecular complexity index is 1260. The Morgan fingerprint density at radius 1 is 0.439 bits per heavy atom. The summed E-state index contributed by atoms with van der Waals surface area (Å²) < 4.78 is 5.93. The number of aliphatic hydroxyl groups is 2. The normalized spacial score (nSPS) is 13.8. The summed E-state index contributed by atoms with van der Waals surface area (Å²) in [7, 11) is 0. The number of hydrogen-bond acceptors (Lipinski definition) is 5. The van der Waals surface area contributed by atoms with Crippen LogP contribution in [0.4, 0.5) is 0 Å². The van der Waals surface area contributed by atoms with E-state index in [0.29, 0.717) is 19.3 Å². The van der Waals surface area contributed by atoms with Gasteiger partial charge in [-0.15, -0.1) is 0 Å². The summed E-state index contributed by atoms with van der Waals surface area (Å²) in [6.45, 7) is 6.37. The lowest BCUT2D eigenvalue weighted by Gasteiger charge is -2.24. The lowest BCUT2D eigenvalue weighted by atomic mass is 10.0. The molecule has 6 heteroatoms. The highest BCUT2D eigenvalue weighted by Gasteiger charge is 2.24. The summed E-state index contributed by atoms with van der Waals surface area (Å²) in [5, 5.41) is 23.9. The van der Waals surface area contributed by atoms with E-state index in [-0.39, 0.29) is 24.9 Å². The number of hydrogen-bond donors (Lipinski definition) is 3. The second-order valence-electron chi connectivity index (χ2n) is 18.8. The molecule has 66 heavy (non-hydrogen) atoms. The van der Waals surface area contributed by atoms with Crippen molar-refractivity contribution in [1.29, 1.82) is 0 Å². The van der Waals surface area contributed by atoms with Crippen LogP contribution in [0.1, 0.15) is 258 Å². The third-order valence-corrected chi connectivity index (χ3v) is 12.3.